The van der Waals surface area contributed by atoms with Crippen LogP contribution in [0.15, 0.2) is 0 Å². The second-order valence-corrected chi connectivity index (χ2v) is 4.99. The lowest BCUT2D eigenvalue weighted by molar-refractivity contribution is -0.492. The van der Waals surface area contributed by atoms with E-state index in [1.165, 1.54) is 7.11 Å². The van der Waals surface area contributed by atoms with Gasteiger partial charge in [0.15, 0.2) is 0 Å². The lowest BCUT2D eigenvalue weighted by Gasteiger charge is -2.36. The molecule has 7 heteroatoms. The Morgan fingerprint density at radius 1 is 1.59 bits per heavy atom. The van der Waals surface area contributed by atoms with Crippen LogP contribution in [0.25, 0.3) is 0 Å². The normalized spacial score (nSPS) is 28.7. The number of alkyl halides is 1. The fourth-order valence-electron chi connectivity index (χ4n) is 2.10. The van der Waals surface area contributed by atoms with Crippen molar-refractivity contribution >= 4 is 17.6 Å². The summed E-state index contributed by atoms with van der Waals surface area (Å²) in [6.45, 7) is -0.190. The fourth-order valence-corrected chi connectivity index (χ4v) is 2.32. The van der Waals surface area contributed by atoms with Crippen LogP contribution in [-0.4, -0.2) is 42.0 Å². The number of hydrogen-bond acceptors (Lipinski definition) is 5. The molecule has 6 nitrogen and oxygen atoms in total. The van der Waals surface area contributed by atoms with Gasteiger partial charge in [0.2, 0.25) is 6.54 Å². The molecule has 98 valence electrons. The Morgan fingerprint density at radius 2 is 2.18 bits per heavy atom. The van der Waals surface area contributed by atoms with Crippen LogP contribution in [0.5, 0.6) is 0 Å². The Kier molecular flexibility index (Phi) is 5.14. The van der Waals surface area contributed by atoms with Gasteiger partial charge in [-0.25, -0.2) is 0 Å². The average molecular weight is 265 g/mol. The number of methoxy groups -OCH3 is 1. The first-order valence-corrected chi connectivity index (χ1v) is 5.99. The number of nitrogens with zero attached hydrogens (tertiary/aromatic N) is 1. The van der Waals surface area contributed by atoms with Gasteiger partial charge in [0.05, 0.1) is 19.2 Å². The lowest BCUT2D eigenvalue weighted by atomic mass is 9.81. The molecule has 0 aromatic heterocycles. The topological polar surface area (TPSA) is 81.5 Å². The summed E-state index contributed by atoms with van der Waals surface area (Å²) >= 11 is 5.98. The summed E-state index contributed by atoms with van der Waals surface area (Å²) in [5, 5.41) is 13.7. The first-order chi connectivity index (χ1) is 7.97. The summed E-state index contributed by atoms with van der Waals surface area (Å²) in [5.74, 6) is -0.416. The summed E-state index contributed by atoms with van der Waals surface area (Å²) in [6, 6.07) is 0. The quantitative estimate of drug-likeness (QED) is 0.346. The molecule has 0 radical (unpaired) electrons. The summed E-state index contributed by atoms with van der Waals surface area (Å²) < 4.78 is 4.52. The Morgan fingerprint density at radius 3 is 2.65 bits per heavy atom. The molecule has 0 unspecified atom stereocenters. The molecule has 1 N–H and O–H groups in total. The molecular formula is C10H17ClN2O4. The lowest BCUT2D eigenvalue weighted by Crippen LogP contribution is -2.54. The highest BCUT2D eigenvalue weighted by Gasteiger charge is 2.39. The van der Waals surface area contributed by atoms with Gasteiger partial charge in [-0.1, -0.05) is 0 Å². The molecule has 0 amide bonds. The van der Waals surface area contributed by atoms with E-state index in [1.807, 2.05) is 0 Å². The van der Waals surface area contributed by atoms with Gasteiger partial charge in [-0.15, -0.1) is 11.6 Å². The van der Waals surface area contributed by atoms with Gasteiger partial charge in [0.1, 0.15) is 0 Å². The molecular weight excluding hydrogens is 248 g/mol. The van der Waals surface area contributed by atoms with E-state index in [0.29, 0.717) is 12.8 Å². The molecule has 0 aliphatic heterocycles. The van der Waals surface area contributed by atoms with Crippen LogP contribution in [-0.2, 0) is 9.53 Å². The summed E-state index contributed by atoms with van der Waals surface area (Å²) in [4.78, 5) is 21.4. The number of rotatable bonds is 5. The molecule has 0 aromatic carbocycles. The number of nitrogens with one attached hydrogen (secondary N) is 1. The van der Waals surface area contributed by atoms with E-state index in [0.717, 1.165) is 12.8 Å². The second-order valence-electron chi connectivity index (χ2n) is 4.38. The van der Waals surface area contributed by atoms with E-state index in [9.17, 15) is 14.9 Å². The highest BCUT2D eigenvalue weighted by Crippen LogP contribution is 2.31. The Hall–Kier alpha value is -0.880. The van der Waals surface area contributed by atoms with Gasteiger partial charge >= 0.3 is 5.97 Å². The molecule has 0 bridgehead atoms. The van der Waals surface area contributed by atoms with E-state index in [-0.39, 0.29) is 23.4 Å². The molecule has 0 saturated heterocycles. The molecule has 1 fully saturated rings. The average Bonchev–Trinajstić information content (AvgIpc) is 2.29. The number of ether oxygens (including phenoxy) is 1. The molecule has 1 saturated carbocycles. The number of halogens is 1. The molecule has 1 aliphatic rings. The van der Waals surface area contributed by atoms with Crippen LogP contribution < -0.4 is 5.32 Å². The van der Waals surface area contributed by atoms with E-state index >= 15 is 0 Å². The van der Waals surface area contributed by atoms with Crippen molar-refractivity contribution in [3.8, 4) is 0 Å². The van der Waals surface area contributed by atoms with Crippen LogP contribution in [0.2, 0.25) is 0 Å². The van der Waals surface area contributed by atoms with Crippen molar-refractivity contribution in [2.24, 2.45) is 0 Å². The van der Waals surface area contributed by atoms with Crippen LogP contribution in [0.1, 0.15) is 25.7 Å². The Labute approximate surface area is 105 Å². The molecule has 0 heterocycles. The zero-order valence-electron chi connectivity index (χ0n) is 9.78. The number of carbonyl (C=O) groups is 1. The minimum Gasteiger partial charge on any atom is -0.468 e. The highest BCUT2D eigenvalue weighted by molar-refractivity contribution is 6.20. The SMILES string of the molecule is COC(=O)CNC1(C[N+](=O)[O-])CCC(Cl)CC1. The third kappa shape index (κ3) is 4.47. The number of nitro groups is 1. The van der Waals surface area contributed by atoms with Crippen molar-refractivity contribution in [1.82, 2.24) is 5.32 Å². The maximum Gasteiger partial charge on any atom is 0.319 e. The van der Waals surface area contributed by atoms with Gasteiger partial charge in [0, 0.05) is 10.3 Å². The van der Waals surface area contributed by atoms with Crippen molar-refractivity contribution in [1.29, 1.82) is 0 Å². The molecule has 0 spiro atoms. The number of carbonyl (C=O) groups excluding carboxylic acids is 1. The maximum atomic E-state index is 11.1. The van der Waals surface area contributed by atoms with Crippen molar-refractivity contribution in [2.45, 2.75) is 36.6 Å². The number of hydrogen-bond donors (Lipinski definition) is 1. The van der Waals surface area contributed by atoms with E-state index < -0.39 is 11.5 Å². The second kappa shape index (κ2) is 6.16. The largest absolute Gasteiger partial charge is 0.468 e. The molecule has 17 heavy (non-hydrogen) atoms. The predicted octanol–water partition coefficient (Wildman–Crippen LogP) is 0.946. The molecule has 0 aromatic rings. The van der Waals surface area contributed by atoms with Gasteiger partial charge in [-0.05, 0) is 25.7 Å². The van der Waals surface area contributed by atoms with Crippen molar-refractivity contribution < 1.29 is 14.5 Å². The van der Waals surface area contributed by atoms with Gasteiger partial charge in [0.25, 0.3) is 0 Å². The zero-order valence-corrected chi connectivity index (χ0v) is 10.5. The van der Waals surface area contributed by atoms with Crippen molar-refractivity contribution in [3.63, 3.8) is 0 Å². The smallest absolute Gasteiger partial charge is 0.319 e. The Bertz CT molecular complexity index is 290. The van der Waals surface area contributed by atoms with Crippen LogP contribution in [0, 0.1) is 10.1 Å². The van der Waals surface area contributed by atoms with Crippen LogP contribution in [0.3, 0.4) is 0 Å². The molecule has 1 aliphatic carbocycles. The van der Waals surface area contributed by atoms with E-state index in [2.05, 4.69) is 10.1 Å². The summed E-state index contributed by atoms with van der Waals surface area (Å²) in [7, 11) is 1.29. The maximum absolute atomic E-state index is 11.1. The highest BCUT2D eigenvalue weighted by atomic mass is 35.5. The third-order valence-corrected chi connectivity index (χ3v) is 3.58. The van der Waals surface area contributed by atoms with Crippen LogP contribution >= 0.6 is 11.6 Å². The fraction of sp³-hybridized carbons (Fsp3) is 0.900. The van der Waals surface area contributed by atoms with E-state index in [4.69, 9.17) is 11.6 Å². The molecule has 0 atom stereocenters. The minimum atomic E-state index is -0.622. The summed E-state index contributed by atoms with van der Waals surface area (Å²) in [6.07, 6.45) is 2.67. The minimum absolute atomic E-state index is 0.00269. The first-order valence-electron chi connectivity index (χ1n) is 5.55. The standard InChI is InChI=1S/C10H17ClN2O4/c1-17-9(14)6-12-10(7-13(15)16)4-2-8(11)3-5-10/h8,12H,2-7H2,1H3. The van der Waals surface area contributed by atoms with Crippen LogP contribution in [0.4, 0.5) is 0 Å². The first kappa shape index (κ1) is 14.2. The van der Waals surface area contributed by atoms with Gasteiger partial charge < -0.3 is 4.74 Å². The van der Waals surface area contributed by atoms with Gasteiger partial charge in [-0.2, -0.15) is 0 Å². The van der Waals surface area contributed by atoms with Crippen molar-refractivity contribution in [3.05, 3.63) is 10.1 Å². The van der Waals surface area contributed by atoms with E-state index in [1.54, 1.807) is 0 Å². The summed E-state index contributed by atoms with van der Waals surface area (Å²) in [5.41, 5.74) is -0.622. The monoisotopic (exact) mass is 264 g/mol. The van der Waals surface area contributed by atoms with Gasteiger partial charge in [-0.3, -0.25) is 20.2 Å². The third-order valence-electron chi connectivity index (χ3n) is 3.14. The molecule has 1 rings (SSSR count). The number of esters is 1. The Balaban J connectivity index is 2.59. The zero-order chi connectivity index (χ0) is 12.9. The van der Waals surface area contributed by atoms with Crippen molar-refractivity contribution in [2.75, 3.05) is 20.2 Å². The predicted molar refractivity (Wildman–Crippen MR) is 62.7 cm³/mol.